The fraction of sp³-hybridized carbons (Fsp3) is 0.889. The molecule has 1 heterocycles. The van der Waals surface area contributed by atoms with E-state index in [1.54, 1.807) is 0 Å². The van der Waals surface area contributed by atoms with Crippen LogP contribution >= 0.6 is 0 Å². The molecule has 0 aromatic rings. The monoisotopic (exact) mass is 154 g/mol. The first kappa shape index (κ1) is 8.72. The van der Waals surface area contributed by atoms with Gasteiger partial charge in [0.1, 0.15) is 0 Å². The molecule has 1 atom stereocenters. The lowest BCUT2D eigenvalue weighted by molar-refractivity contribution is 0.142. The van der Waals surface area contributed by atoms with Crippen molar-refractivity contribution < 1.29 is 0 Å². The van der Waals surface area contributed by atoms with Crippen molar-refractivity contribution >= 4 is 6.21 Å². The molecular weight excluding hydrogens is 136 g/mol. The highest BCUT2D eigenvalue weighted by atomic mass is 15.2. The van der Waals surface area contributed by atoms with Gasteiger partial charge in [-0.05, 0) is 34.2 Å². The van der Waals surface area contributed by atoms with Crippen molar-refractivity contribution in [1.29, 1.82) is 0 Å². The number of aliphatic imine (C=N–C) groups is 1. The number of rotatable bonds is 0. The van der Waals surface area contributed by atoms with Crippen LogP contribution in [0, 0.1) is 0 Å². The smallest absolute Gasteiger partial charge is 0.0645 e. The van der Waals surface area contributed by atoms with E-state index in [0.717, 1.165) is 13.0 Å². The minimum atomic E-state index is 0.215. The number of hydrogen-bond acceptors (Lipinski definition) is 2. The van der Waals surface area contributed by atoms with Gasteiger partial charge in [-0.25, -0.2) is 0 Å². The van der Waals surface area contributed by atoms with Crippen molar-refractivity contribution in [2.75, 3.05) is 13.6 Å². The van der Waals surface area contributed by atoms with Gasteiger partial charge >= 0.3 is 0 Å². The Bertz CT molecular complexity index is 161. The molecule has 1 rings (SSSR count). The predicted molar refractivity (Wildman–Crippen MR) is 49.3 cm³/mol. The van der Waals surface area contributed by atoms with E-state index in [2.05, 4.69) is 43.9 Å². The first-order chi connectivity index (χ1) is 5.05. The molecule has 1 aliphatic heterocycles. The molecule has 2 nitrogen and oxygen atoms in total. The predicted octanol–water partition coefficient (Wildman–Crippen LogP) is 1.56. The highest BCUT2D eigenvalue weighted by Gasteiger charge is 2.30. The number of nitrogens with zero attached hydrogens (tertiary/aromatic N) is 2. The summed E-state index contributed by atoms with van der Waals surface area (Å²) in [6.45, 7) is 7.81. The molecule has 64 valence electrons. The molecule has 0 bridgehead atoms. The number of likely N-dealkylation sites (N-methyl/N-ethyl adjacent to an activating group) is 1. The minimum absolute atomic E-state index is 0.215. The molecule has 0 aromatic heterocycles. The van der Waals surface area contributed by atoms with Gasteiger partial charge < -0.3 is 0 Å². The van der Waals surface area contributed by atoms with E-state index < -0.39 is 0 Å². The Hall–Kier alpha value is -0.370. The summed E-state index contributed by atoms with van der Waals surface area (Å²) >= 11 is 0. The van der Waals surface area contributed by atoms with E-state index in [0.29, 0.717) is 6.04 Å². The van der Waals surface area contributed by atoms with Crippen LogP contribution in [-0.2, 0) is 0 Å². The molecule has 11 heavy (non-hydrogen) atoms. The van der Waals surface area contributed by atoms with Crippen LogP contribution in [0.25, 0.3) is 0 Å². The molecule has 0 N–H and O–H groups in total. The molecule has 2 heteroatoms. The van der Waals surface area contributed by atoms with Gasteiger partial charge in [0.25, 0.3) is 0 Å². The van der Waals surface area contributed by atoms with Crippen LogP contribution in [0.15, 0.2) is 4.99 Å². The SMILES string of the molecule is CC1N=CCCN(C)C1(C)C. The lowest BCUT2D eigenvalue weighted by Gasteiger charge is -2.37. The van der Waals surface area contributed by atoms with Gasteiger partial charge in [-0.15, -0.1) is 0 Å². The quantitative estimate of drug-likeness (QED) is 0.517. The van der Waals surface area contributed by atoms with Crippen molar-refractivity contribution in [3.05, 3.63) is 0 Å². The second kappa shape index (κ2) is 2.94. The van der Waals surface area contributed by atoms with Crippen LogP contribution in [0.3, 0.4) is 0 Å². The molecule has 0 aromatic carbocycles. The zero-order valence-corrected chi connectivity index (χ0v) is 7.96. The highest BCUT2D eigenvalue weighted by Crippen LogP contribution is 2.21. The van der Waals surface area contributed by atoms with Gasteiger partial charge in [0.2, 0.25) is 0 Å². The Morgan fingerprint density at radius 3 is 2.82 bits per heavy atom. The van der Waals surface area contributed by atoms with E-state index in [4.69, 9.17) is 0 Å². The van der Waals surface area contributed by atoms with Crippen LogP contribution in [0.4, 0.5) is 0 Å². The van der Waals surface area contributed by atoms with Gasteiger partial charge in [0.15, 0.2) is 0 Å². The normalized spacial score (nSPS) is 31.8. The second-order valence-electron chi connectivity index (χ2n) is 3.87. The standard InChI is InChI=1S/C9H18N2/c1-8-9(2,3)11(4)7-5-6-10-8/h6,8H,5,7H2,1-4H3. The largest absolute Gasteiger partial charge is 0.299 e. The zero-order chi connectivity index (χ0) is 8.48. The van der Waals surface area contributed by atoms with E-state index >= 15 is 0 Å². The molecule has 0 radical (unpaired) electrons. The van der Waals surface area contributed by atoms with E-state index in [-0.39, 0.29) is 5.54 Å². The zero-order valence-electron chi connectivity index (χ0n) is 7.96. The van der Waals surface area contributed by atoms with E-state index in [1.165, 1.54) is 0 Å². The molecule has 0 fully saturated rings. The second-order valence-corrected chi connectivity index (χ2v) is 3.87. The molecule has 0 spiro atoms. The summed E-state index contributed by atoms with van der Waals surface area (Å²) in [5, 5.41) is 0. The molecule has 0 aliphatic carbocycles. The summed E-state index contributed by atoms with van der Waals surface area (Å²) in [5.74, 6) is 0. The van der Waals surface area contributed by atoms with E-state index in [9.17, 15) is 0 Å². The van der Waals surface area contributed by atoms with Gasteiger partial charge in [-0.2, -0.15) is 0 Å². The van der Waals surface area contributed by atoms with Crippen molar-refractivity contribution in [3.8, 4) is 0 Å². The van der Waals surface area contributed by atoms with Crippen molar-refractivity contribution in [2.24, 2.45) is 4.99 Å². The summed E-state index contributed by atoms with van der Waals surface area (Å²) in [6, 6.07) is 0.412. The molecular formula is C9H18N2. The maximum atomic E-state index is 4.46. The lowest BCUT2D eigenvalue weighted by atomic mass is 9.95. The number of hydrogen-bond donors (Lipinski definition) is 0. The average Bonchev–Trinajstić information content (AvgIpc) is 2.03. The van der Waals surface area contributed by atoms with Gasteiger partial charge in [-0.1, -0.05) is 0 Å². The van der Waals surface area contributed by atoms with Crippen molar-refractivity contribution in [1.82, 2.24) is 4.90 Å². The summed E-state index contributed by atoms with van der Waals surface area (Å²) < 4.78 is 0. The Morgan fingerprint density at radius 1 is 1.55 bits per heavy atom. The maximum absolute atomic E-state index is 4.46. The Morgan fingerprint density at radius 2 is 2.18 bits per heavy atom. The summed E-state index contributed by atoms with van der Waals surface area (Å²) in [5.41, 5.74) is 0.215. The van der Waals surface area contributed by atoms with Crippen LogP contribution in [0.1, 0.15) is 27.2 Å². The molecule has 0 saturated carbocycles. The summed E-state index contributed by atoms with van der Waals surface area (Å²) in [4.78, 5) is 6.84. The maximum Gasteiger partial charge on any atom is 0.0645 e. The third-order valence-electron chi connectivity index (χ3n) is 2.93. The molecule has 1 aliphatic rings. The topological polar surface area (TPSA) is 15.6 Å². The first-order valence-electron chi connectivity index (χ1n) is 4.28. The highest BCUT2D eigenvalue weighted by molar-refractivity contribution is 5.58. The molecule has 0 saturated heterocycles. The average molecular weight is 154 g/mol. The fourth-order valence-electron chi connectivity index (χ4n) is 1.27. The summed E-state index contributed by atoms with van der Waals surface area (Å²) in [6.07, 6.45) is 3.14. The van der Waals surface area contributed by atoms with Crippen LogP contribution < -0.4 is 0 Å². The molecule has 0 amide bonds. The van der Waals surface area contributed by atoms with Crippen molar-refractivity contribution in [3.63, 3.8) is 0 Å². The van der Waals surface area contributed by atoms with Gasteiger partial charge in [0, 0.05) is 18.3 Å². The molecule has 1 unspecified atom stereocenters. The Kier molecular flexibility index (Phi) is 2.33. The minimum Gasteiger partial charge on any atom is -0.299 e. The summed E-state index contributed by atoms with van der Waals surface area (Å²) in [7, 11) is 2.17. The first-order valence-corrected chi connectivity index (χ1v) is 4.28. The third-order valence-corrected chi connectivity index (χ3v) is 2.93. The van der Waals surface area contributed by atoms with Crippen LogP contribution in [0.5, 0.6) is 0 Å². The Labute approximate surface area is 69.3 Å². The van der Waals surface area contributed by atoms with Crippen LogP contribution in [0.2, 0.25) is 0 Å². The lowest BCUT2D eigenvalue weighted by Crippen LogP contribution is -2.47. The van der Waals surface area contributed by atoms with Crippen molar-refractivity contribution in [2.45, 2.75) is 38.8 Å². The third kappa shape index (κ3) is 1.62. The fourth-order valence-corrected chi connectivity index (χ4v) is 1.27. The van der Waals surface area contributed by atoms with Gasteiger partial charge in [0.05, 0.1) is 6.04 Å². The van der Waals surface area contributed by atoms with E-state index in [1.807, 2.05) is 0 Å². The van der Waals surface area contributed by atoms with Crippen LogP contribution in [-0.4, -0.2) is 36.3 Å². The Balaban J connectivity index is 2.78. The van der Waals surface area contributed by atoms with Gasteiger partial charge in [-0.3, -0.25) is 9.89 Å².